The van der Waals surface area contributed by atoms with Gasteiger partial charge >= 0.3 is 0 Å². The number of hydrogen-bond acceptors (Lipinski definition) is 3. The predicted molar refractivity (Wildman–Crippen MR) is 73.7 cm³/mol. The molecule has 0 radical (unpaired) electrons. The second kappa shape index (κ2) is 5.66. The van der Waals surface area contributed by atoms with Gasteiger partial charge in [0.15, 0.2) is 0 Å². The smallest absolute Gasteiger partial charge is 0.104 e. The molecule has 3 aliphatic rings. The summed E-state index contributed by atoms with van der Waals surface area (Å²) in [5.41, 5.74) is 0. The van der Waals surface area contributed by atoms with E-state index in [1.807, 2.05) is 0 Å². The number of alkyl halides is 1. The highest BCUT2D eigenvalue weighted by molar-refractivity contribution is 5.00. The van der Waals surface area contributed by atoms with Gasteiger partial charge in [0, 0.05) is 24.9 Å². The van der Waals surface area contributed by atoms with Crippen molar-refractivity contribution in [2.75, 3.05) is 26.7 Å². The van der Waals surface area contributed by atoms with Crippen LogP contribution in [0.15, 0.2) is 0 Å². The lowest BCUT2D eigenvalue weighted by Gasteiger charge is -2.37. The quantitative estimate of drug-likeness (QED) is 0.796. The molecule has 0 aromatic heterocycles. The molecule has 4 heteroatoms. The van der Waals surface area contributed by atoms with Gasteiger partial charge in [-0.15, -0.1) is 0 Å². The van der Waals surface area contributed by atoms with Crippen molar-refractivity contribution in [1.82, 2.24) is 10.2 Å². The number of aliphatic hydroxyl groups excluding tert-OH is 1. The number of nitrogens with one attached hydrogen (secondary N) is 1. The summed E-state index contributed by atoms with van der Waals surface area (Å²) in [6.45, 7) is 3.31. The fourth-order valence-electron chi connectivity index (χ4n) is 4.71. The van der Waals surface area contributed by atoms with E-state index in [-0.39, 0.29) is 6.04 Å². The number of likely N-dealkylation sites (tertiary alicyclic amines) is 1. The van der Waals surface area contributed by atoms with Crippen LogP contribution < -0.4 is 5.32 Å². The molecule has 19 heavy (non-hydrogen) atoms. The highest BCUT2D eigenvalue weighted by atomic mass is 19.1. The lowest BCUT2D eigenvalue weighted by atomic mass is 9.73. The molecule has 2 N–H and O–H groups in total. The van der Waals surface area contributed by atoms with Gasteiger partial charge in [0.1, 0.15) is 6.17 Å². The Labute approximate surface area is 115 Å². The summed E-state index contributed by atoms with van der Waals surface area (Å²) in [4.78, 5) is 2.29. The zero-order valence-corrected chi connectivity index (χ0v) is 11.9. The van der Waals surface area contributed by atoms with Crippen LogP contribution in [0.5, 0.6) is 0 Å². The molecule has 0 bridgehead atoms. The summed E-state index contributed by atoms with van der Waals surface area (Å²) in [7, 11) is 2.10. The summed E-state index contributed by atoms with van der Waals surface area (Å²) in [6.07, 6.45) is 3.52. The van der Waals surface area contributed by atoms with Gasteiger partial charge in [-0.1, -0.05) is 0 Å². The Morgan fingerprint density at radius 3 is 2.95 bits per heavy atom. The van der Waals surface area contributed by atoms with Crippen LogP contribution in [0.25, 0.3) is 0 Å². The molecule has 110 valence electrons. The first-order valence-corrected chi connectivity index (χ1v) is 7.88. The molecule has 2 heterocycles. The largest absolute Gasteiger partial charge is 0.393 e. The van der Waals surface area contributed by atoms with E-state index in [0.29, 0.717) is 24.7 Å². The van der Waals surface area contributed by atoms with E-state index >= 15 is 0 Å². The number of piperidine rings is 1. The zero-order chi connectivity index (χ0) is 13.4. The molecule has 1 aliphatic carbocycles. The topological polar surface area (TPSA) is 35.5 Å². The molecule has 3 fully saturated rings. The lowest BCUT2D eigenvalue weighted by Crippen LogP contribution is -2.44. The predicted octanol–water partition coefficient (Wildman–Crippen LogP) is 1.42. The Kier molecular flexibility index (Phi) is 4.11. The summed E-state index contributed by atoms with van der Waals surface area (Å²) in [5, 5.41) is 13.8. The van der Waals surface area contributed by atoms with Crippen LogP contribution in [-0.2, 0) is 0 Å². The number of hydrogen-bond donors (Lipinski definition) is 2. The molecule has 0 spiro atoms. The number of halogens is 1. The molecule has 2 aliphatic heterocycles. The van der Waals surface area contributed by atoms with Crippen LogP contribution >= 0.6 is 0 Å². The second-order valence-electron chi connectivity index (χ2n) is 6.93. The fourth-order valence-corrected chi connectivity index (χ4v) is 4.71. The van der Waals surface area contributed by atoms with Gasteiger partial charge < -0.3 is 15.3 Å². The van der Waals surface area contributed by atoms with E-state index in [2.05, 4.69) is 17.3 Å². The molecule has 0 aromatic carbocycles. The first-order valence-electron chi connectivity index (χ1n) is 7.88. The van der Waals surface area contributed by atoms with Gasteiger partial charge in [0.25, 0.3) is 0 Å². The summed E-state index contributed by atoms with van der Waals surface area (Å²) < 4.78 is 13.6. The Morgan fingerprint density at radius 1 is 1.37 bits per heavy atom. The van der Waals surface area contributed by atoms with Crippen LogP contribution in [0, 0.1) is 17.8 Å². The molecule has 6 atom stereocenters. The SMILES string of the molecule is CN1CC(C[C@@H]2CCCNC2)C2C(O)CC(F)CC21. The highest BCUT2D eigenvalue weighted by Gasteiger charge is 2.48. The van der Waals surface area contributed by atoms with Crippen molar-refractivity contribution in [2.24, 2.45) is 17.8 Å². The Morgan fingerprint density at radius 2 is 2.21 bits per heavy atom. The average Bonchev–Trinajstić information content (AvgIpc) is 2.67. The first-order chi connectivity index (χ1) is 9.15. The van der Waals surface area contributed by atoms with Crippen molar-refractivity contribution in [3.05, 3.63) is 0 Å². The van der Waals surface area contributed by atoms with Crippen molar-refractivity contribution in [3.8, 4) is 0 Å². The van der Waals surface area contributed by atoms with Crippen molar-refractivity contribution in [1.29, 1.82) is 0 Å². The monoisotopic (exact) mass is 270 g/mol. The maximum Gasteiger partial charge on any atom is 0.104 e. The Hall–Kier alpha value is -0.190. The van der Waals surface area contributed by atoms with Crippen LogP contribution in [-0.4, -0.2) is 55.0 Å². The summed E-state index contributed by atoms with van der Waals surface area (Å²) in [6, 6.07) is 0.264. The Bertz CT molecular complexity index is 309. The molecule has 3 rings (SSSR count). The van der Waals surface area contributed by atoms with Gasteiger partial charge in [-0.05, 0) is 57.7 Å². The van der Waals surface area contributed by atoms with Crippen molar-refractivity contribution >= 4 is 0 Å². The maximum atomic E-state index is 13.6. The van der Waals surface area contributed by atoms with E-state index in [1.165, 1.54) is 19.3 Å². The van der Waals surface area contributed by atoms with Gasteiger partial charge in [0.2, 0.25) is 0 Å². The van der Waals surface area contributed by atoms with Gasteiger partial charge in [-0.25, -0.2) is 4.39 Å². The van der Waals surface area contributed by atoms with E-state index in [1.54, 1.807) is 0 Å². The Balaban J connectivity index is 1.65. The van der Waals surface area contributed by atoms with Gasteiger partial charge in [-0.3, -0.25) is 0 Å². The van der Waals surface area contributed by atoms with Crippen molar-refractivity contribution < 1.29 is 9.50 Å². The minimum absolute atomic E-state index is 0.264. The third-order valence-electron chi connectivity index (χ3n) is 5.55. The molecular formula is C15H27FN2O. The maximum absolute atomic E-state index is 13.6. The van der Waals surface area contributed by atoms with Crippen LogP contribution in [0.3, 0.4) is 0 Å². The first kappa shape index (κ1) is 13.8. The van der Waals surface area contributed by atoms with Crippen LogP contribution in [0.1, 0.15) is 32.1 Å². The minimum atomic E-state index is -0.811. The number of nitrogens with zero attached hydrogens (tertiary/aromatic N) is 1. The molecule has 0 aromatic rings. The molecule has 5 unspecified atom stereocenters. The minimum Gasteiger partial charge on any atom is -0.393 e. The van der Waals surface area contributed by atoms with E-state index in [9.17, 15) is 9.50 Å². The van der Waals surface area contributed by atoms with E-state index in [4.69, 9.17) is 0 Å². The summed E-state index contributed by atoms with van der Waals surface area (Å²) >= 11 is 0. The average molecular weight is 270 g/mol. The third-order valence-corrected chi connectivity index (χ3v) is 5.55. The molecular weight excluding hydrogens is 243 g/mol. The number of rotatable bonds is 2. The number of aliphatic hydroxyl groups is 1. The lowest BCUT2D eigenvalue weighted by molar-refractivity contribution is -0.00553. The second-order valence-corrected chi connectivity index (χ2v) is 6.93. The van der Waals surface area contributed by atoms with Crippen molar-refractivity contribution in [2.45, 2.75) is 50.4 Å². The standard InChI is InChI=1S/C15H27FN2O/c1-18-9-11(5-10-3-2-4-17-8-10)15-13(18)6-12(16)7-14(15)19/h10-15,17,19H,2-9H2,1H3/t10-,11?,12?,13?,14?,15?/m0/s1. The molecule has 1 saturated carbocycles. The third kappa shape index (κ3) is 2.81. The number of fused-ring (bicyclic) bond motifs is 1. The van der Waals surface area contributed by atoms with E-state index in [0.717, 1.165) is 25.6 Å². The molecule has 3 nitrogen and oxygen atoms in total. The van der Waals surface area contributed by atoms with Gasteiger partial charge in [0.05, 0.1) is 6.10 Å². The molecule has 0 amide bonds. The normalized spacial score (nSPS) is 48.2. The van der Waals surface area contributed by atoms with Crippen LogP contribution in [0.2, 0.25) is 0 Å². The van der Waals surface area contributed by atoms with E-state index < -0.39 is 12.3 Å². The van der Waals surface area contributed by atoms with Gasteiger partial charge in [-0.2, -0.15) is 0 Å². The summed E-state index contributed by atoms with van der Waals surface area (Å²) in [5.74, 6) is 1.61. The fraction of sp³-hybridized carbons (Fsp3) is 1.00. The van der Waals surface area contributed by atoms with Crippen LogP contribution in [0.4, 0.5) is 4.39 Å². The van der Waals surface area contributed by atoms with Crippen molar-refractivity contribution in [3.63, 3.8) is 0 Å². The zero-order valence-electron chi connectivity index (χ0n) is 11.9. The molecule has 2 saturated heterocycles. The highest BCUT2D eigenvalue weighted by Crippen LogP contribution is 2.43.